The maximum Gasteiger partial charge on any atom is 0.248 e. The van der Waals surface area contributed by atoms with Crippen molar-refractivity contribution in [3.8, 4) is 5.75 Å². The van der Waals surface area contributed by atoms with Crippen LogP contribution in [0.1, 0.15) is 43.5 Å². The number of aromatic nitrogens is 3. The average molecular weight is 397 g/mol. The molecule has 3 amide bonds. The Balaban J connectivity index is 1.34. The number of H-pyrrole nitrogens is 1. The Morgan fingerprint density at radius 1 is 1.24 bits per heavy atom. The van der Waals surface area contributed by atoms with Crippen molar-refractivity contribution in [1.82, 2.24) is 20.1 Å². The predicted molar refractivity (Wildman–Crippen MR) is 103 cm³/mol. The first-order valence-corrected chi connectivity index (χ1v) is 9.68. The number of ether oxygens (including phenoxy) is 1. The van der Waals surface area contributed by atoms with Crippen LogP contribution in [0.2, 0.25) is 0 Å². The van der Waals surface area contributed by atoms with Gasteiger partial charge in [0.05, 0.1) is 12.5 Å². The van der Waals surface area contributed by atoms with Gasteiger partial charge in [-0.25, -0.2) is 0 Å². The van der Waals surface area contributed by atoms with Crippen LogP contribution in [0, 0.1) is 5.41 Å². The van der Waals surface area contributed by atoms with Gasteiger partial charge in [-0.1, -0.05) is 25.0 Å². The summed E-state index contributed by atoms with van der Waals surface area (Å²) in [7, 11) is 1.61. The van der Waals surface area contributed by atoms with Crippen molar-refractivity contribution >= 4 is 23.7 Å². The van der Waals surface area contributed by atoms with Gasteiger partial charge in [0, 0.05) is 12.8 Å². The van der Waals surface area contributed by atoms with E-state index in [1.807, 2.05) is 24.3 Å². The smallest absolute Gasteiger partial charge is 0.248 e. The van der Waals surface area contributed by atoms with Crippen LogP contribution in [-0.4, -0.2) is 51.5 Å². The van der Waals surface area contributed by atoms with Gasteiger partial charge in [-0.3, -0.25) is 29.7 Å². The summed E-state index contributed by atoms with van der Waals surface area (Å²) in [5.41, 5.74) is 0.433. The van der Waals surface area contributed by atoms with Crippen LogP contribution in [0.25, 0.3) is 0 Å². The Bertz CT molecular complexity index is 931. The molecule has 1 spiro atoms. The van der Waals surface area contributed by atoms with Crippen LogP contribution in [-0.2, 0) is 20.8 Å². The number of methoxy groups -OCH3 is 1. The number of imide groups is 1. The lowest BCUT2D eigenvalue weighted by molar-refractivity contribution is -0.143. The number of anilines is 1. The van der Waals surface area contributed by atoms with Crippen molar-refractivity contribution in [2.24, 2.45) is 5.41 Å². The fraction of sp³-hybridized carbons (Fsp3) is 0.450. The number of aromatic amines is 1. The van der Waals surface area contributed by atoms with E-state index < -0.39 is 11.3 Å². The Kier molecular flexibility index (Phi) is 5.04. The number of rotatable bonds is 6. The summed E-state index contributed by atoms with van der Waals surface area (Å²) in [5.74, 6) is 0.492. The van der Waals surface area contributed by atoms with Gasteiger partial charge in [-0.05, 0) is 30.5 Å². The van der Waals surface area contributed by atoms with E-state index in [0.29, 0.717) is 12.2 Å². The minimum atomic E-state index is -0.576. The Labute approximate surface area is 167 Å². The summed E-state index contributed by atoms with van der Waals surface area (Å²) in [5, 5.41) is 9.33. The lowest BCUT2D eigenvalue weighted by Gasteiger charge is -2.20. The molecule has 9 nitrogen and oxygen atoms in total. The lowest BCUT2D eigenvalue weighted by atomic mass is 9.84. The van der Waals surface area contributed by atoms with E-state index in [2.05, 4.69) is 20.5 Å². The first-order chi connectivity index (χ1) is 14.0. The zero-order valence-corrected chi connectivity index (χ0v) is 16.2. The van der Waals surface area contributed by atoms with E-state index in [1.165, 1.54) is 0 Å². The molecule has 0 unspecified atom stereocenters. The van der Waals surface area contributed by atoms with Gasteiger partial charge in [0.2, 0.25) is 23.7 Å². The van der Waals surface area contributed by atoms with Crippen molar-refractivity contribution in [2.75, 3.05) is 19.0 Å². The van der Waals surface area contributed by atoms with Gasteiger partial charge in [0.25, 0.3) is 0 Å². The molecule has 9 heteroatoms. The van der Waals surface area contributed by atoms with E-state index in [4.69, 9.17) is 4.74 Å². The maximum atomic E-state index is 12.7. The second kappa shape index (κ2) is 7.65. The highest BCUT2D eigenvalue weighted by molar-refractivity contribution is 6.09. The van der Waals surface area contributed by atoms with Crippen LogP contribution in [0.5, 0.6) is 5.75 Å². The number of nitrogens with zero attached hydrogens (tertiary/aromatic N) is 3. The number of carbonyl (C=O) groups is 3. The molecule has 2 N–H and O–H groups in total. The summed E-state index contributed by atoms with van der Waals surface area (Å²) in [4.78, 5) is 42.6. The molecule has 2 aliphatic rings. The molecule has 0 atom stereocenters. The quantitative estimate of drug-likeness (QED) is 0.716. The van der Waals surface area contributed by atoms with Gasteiger partial charge in [-0.2, -0.15) is 4.98 Å². The lowest BCUT2D eigenvalue weighted by Crippen LogP contribution is -2.40. The minimum Gasteiger partial charge on any atom is -0.497 e. The second-order valence-corrected chi connectivity index (χ2v) is 7.63. The summed E-state index contributed by atoms with van der Waals surface area (Å²) in [6.07, 6.45) is 4.08. The first-order valence-electron chi connectivity index (χ1n) is 9.68. The normalized spacial score (nSPS) is 17.9. The highest BCUT2D eigenvalue weighted by Crippen LogP contribution is 2.46. The molecule has 1 saturated heterocycles. The van der Waals surface area contributed by atoms with Gasteiger partial charge < -0.3 is 4.74 Å². The minimum absolute atomic E-state index is 0.119. The monoisotopic (exact) mass is 397 g/mol. The van der Waals surface area contributed by atoms with Crippen LogP contribution < -0.4 is 10.1 Å². The van der Waals surface area contributed by atoms with Crippen molar-refractivity contribution in [2.45, 2.75) is 38.5 Å². The summed E-state index contributed by atoms with van der Waals surface area (Å²) >= 11 is 0. The van der Waals surface area contributed by atoms with Crippen LogP contribution in [0.15, 0.2) is 24.3 Å². The molecule has 1 saturated carbocycles. The molecule has 0 bridgehead atoms. The zero-order valence-electron chi connectivity index (χ0n) is 16.2. The molecule has 1 aliphatic carbocycles. The molecule has 1 aliphatic heterocycles. The molecule has 2 aromatic rings. The molecule has 29 heavy (non-hydrogen) atoms. The molecule has 152 valence electrons. The fourth-order valence-corrected chi connectivity index (χ4v) is 4.14. The van der Waals surface area contributed by atoms with Gasteiger partial charge in [0.1, 0.15) is 18.1 Å². The number of hydrogen-bond acceptors (Lipinski definition) is 6. The number of amides is 3. The third kappa shape index (κ3) is 3.85. The molecular weight excluding hydrogens is 374 g/mol. The highest BCUT2D eigenvalue weighted by Gasteiger charge is 2.52. The molecular formula is C20H23N5O4. The highest BCUT2D eigenvalue weighted by atomic mass is 16.5. The fourth-order valence-electron chi connectivity index (χ4n) is 4.14. The van der Waals surface area contributed by atoms with Crippen molar-refractivity contribution in [3.05, 3.63) is 35.7 Å². The Morgan fingerprint density at radius 2 is 1.97 bits per heavy atom. The van der Waals surface area contributed by atoms with Crippen molar-refractivity contribution < 1.29 is 19.1 Å². The number of hydrogen-bond donors (Lipinski definition) is 2. The van der Waals surface area contributed by atoms with E-state index in [-0.39, 0.29) is 30.7 Å². The number of nitrogens with one attached hydrogen (secondary N) is 2. The number of benzene rings is 1. The molecule has 2 heterocycles. The van der Waals surface area contributed by atoms with E-state index in [9.17, 15) is 14.4 Å². The largest absolute Gasteiger partial charge is 0.497 e. The van der Waals surface area contributed by atoms with E-state index in [0.717, 1.165) is 41.9 Å². The third-order valence-electron chi connectivity index (χ3n) is 5.67. The van der Waals surface area contributed by atoms with Crippen molar-refractivity contribution in [1.29, 1.82) is 0 Å². The van der Waals surface area contributed by atoms with E-state index in [1.54, 1.807) is 7.11 Å². The summed E-state index contributed by atoms with van der Waals surface area (Å²) in [6.45, 7) is -0.304. The predicted octanol–water partition coefficient (Wildman–Crippen LogP) is 1.66. The maximum absolute atomic E-state index is 12.7. The van der Waals surface area contributed by atoms with Crippen LogP contribution in [0.4, 0.5) is 5.95 Å². The summed E-state index contributed by atoms with van der Waals surface area (Å²) < 4.78 is 5.13. The summed E-state index contributed by atoms with van der Waals surface area (Å²) in [6, 6.07) is 7.55. The molecule has 0 radical (unpaired) electrons. The number of carbonyl (C=O) groups excluding carboxylic acids is 3. The molecule has 1 aromatic carbocycles. The average Bonchev–Trinajstić information content (AvgIpc) is 3.41. The topological polar surface area (TPSA) is 117 Å². The third-order valence-corrected chi connectivity index (χ3v) is 5.67. The Hall–Kier alpha value is -3.23. The molecule has 4 rings (SSSR count). The van der Waals surface area contributed by atoms with Crippen LogP contribution >= 0.6 is 0 Å². The van der Waals surface area contributed by atoms with Gasteiger partial charge in [-0.15, -0.1) is 5.10 Å². The van der Waals surface area contributed by atoms with Crippen LogP contribution in [0.3, 0.4) is 0 Å². The van der Waals surface area contributed by atoms with Crippen molar-refractivity contribution in [3.63, 3.8) is 0 Å². The van der Waals surface area contributed by atoms with Gasteiger partial charge in [0.15, 0.2) is 0 Å². The SMILES string of the molecule is COc1ccc(Cc2nc(NC(=O)CN3C(=O)CC4(CCCC4)C3=O)n[nH]2)cc1. The number of likely N-dealkylation sites (tertiary alicyclic amines) is 1. The first kappa shape index (κ1) is 19.1. The molecule has 2 fully saturated rings. The molecule has 1 aromatic heterocycles. The standard InChI is InChI=1S/C20H23N5O4/c1-29-14-6-4-13(5-7-14)10-15-21-19(24-23-15)22-16(26)12-25-17(27)11-20(18(25)28)8-2-3-9-20/h4-7H,2-3,8-12H2,1H3,(H2,21,22,23,24,26). The second-order valence-electron chi connectivity index (χ2n) is 7.63. The zero-order chi connectivity index (χ0) is 20.4. The van der Waals surface area contributed by atoms with E-state index >= 15 is 0 Å². The Morgan fingerprint density at radius 3 is 2.66 bits per heavy atom. The van der Waals surface area contributed by atoms with Gasteiger partial charge >= 0.3 is 0 Å².